The fourth-order valence-corrected chi connectivity index (χ4v) is 3.29. The number of halogens is 1. The van der Waals surface area contributed by atoms with Crippen molar-refractivity contribution in [2.45, 2.75) is 57.3 Å². The molecule has 0 spiro atoms. The number of ketones is 1. The van der Waals surface area contributed by atoms with Crippen LogP contribution in [0.3, 0.4) is 0 Å². The quantitative estimate of drug-likeness (QED) is 0.604. The molecule has 116 valence electrons. The van der Waals surface area contributed by atoms with Crippen LogP contribution in [0.4, 0.5) is 0 Å². The second-order valence-electron chi connectivity index (χ2n) is 7.07. The molecule has 1 aliphatic rings. The van der Waals surface area contributed by atoms with Crippen LogP contribution in [0.5, 0.6) is 0 Å². The lowest BCUT2D eigenvalue weighted by Gasteiger charge is -2.38. The standard InChI is InChI=1S/C15H28ClNO2Si/c1-15(2,20(4,5)19)8-6-13-10-12(14(18)11-16)7-9-17(13)3/h7,13,19H,6,8-11H2,1-5H3/t13-/m0/s1. The zero-order chi connectivity index (χ0) is 15.6. The summed E-state index contributed by atoms with van der Waals surface area (Å²) in [5.74, 6) is 0.130. The highest BCUT2D eigenvalue weighted by molar-refractivity contribution is 6.72. The minimum atomic E-state index is -2.16. The molecular formula is C15H28ClNO2Si. The summed E-state index contributed by atoms with van der Waals surface area (Å²) in [6, 6.07) is 0.373. The minimum absolute atomic E-state index is 0.00828. The molecule has 0 fully saturated rings. The molecule has 0 saturated heterocycles. The Bertz CT molecular complexity index is 388. The van der Waals surface area contributed by atoms with Gasteiger partial charge in [0.1, 0.15) is 0 Å². The smallest absolute Gasteiger partial charge is 0.188 e. The predicted octanol–water partition coefficient (Wildman–Crippen LogP) is 3.18. The lowest BCUT2D eigenvalue weighted by Crippen LogP contribution is -2.42. The fraction of sp³-hybridized carbons (Fsp3) is 0.800. The van der Waals surface area contributed by atoms with Crippen molar-refractivity contribution in [1.82, 2.24) is 4.90 Å². The Labute approximate surface area is 129 Å². The Balaban J connectivity index is 2.65. The molecule has 0 aliphatic carbocycles. The van der Waals surface area contributed by atoms with Crippen molar-refractivity contribution >= 4 is 25.7 Å². The van der Waals surface area contributed by atoms with Gasteiger partial charge in [-0.15, -0.1) is 11.6 Å². The normalized spacial score (nSPS) is 21.8. The number of hydrogen-bond donors (Lipinski definition) is 1. The van der Waals surface area contributed by atoms with Crippen molar-refractivity contribution in [2.75, 3.05) is 19.5 Å². The van der Waals surface area contributed by atoms with Crippen LogP contribution in [-0.2, 0) is 4.79 Å². The summed E-state index contributed by atoms with van der Waals surface area (Å²) in [5.41, 5.74) is 0.876. The van der Waals surface area contributed by atoms with Gasteiger partial charge in [0.2, 0.25) is 0 Å². The van der Waals surface area contributed by atoms with Crippen LogP contribution in [0.2, 0.25) is 18.1 Å². The molecule has 0 amide bonds. The zero-order valence-electron chi connectivity index (χ0n) is 13.4. The molecular weight excluding hydrogens is 290 g/mol. The Morgan fingerprint density at radius 2 is 2.15 bits per heavy atom. The lowest BCUT2D eigenvalue weighted by molar-refractivity contribution is -0.113. The SMILES string of the molecule is CN1CC=C(C(=O)CCl)C[C@@H]1CCC(C)(C)[Si](C)(C)O. The third-order valence-electron chi connectivity index (χ3n) is 4.94. The molecule has 1 aliphatic heterocycles. The molecule has 0 saturated carbocycles. The largest absolute Gasteiger partial charge is 0.432 e. The third-order valence-corrected chi connectivity index (χ3v) is 8.75. The first kappa shape index (κ1) is 17.9. The van der Waals surface area contributed by atoms with Crippen molar-refractivity contribution in [1.29, 1.82) is 0 Å². The molecule has 0 aromatic rings. The van der Waals surface area contributed by atoms with E-state index in [1.807, 2.05) is 19.2 Å². The van der Waals surface area contributed by atoms with Crippen LogP contribution < -0.4 is 0 Å². The van der Waals surface area contributed by atoms with Crippen LogP contribution >= 0.6 is 11.6 Å². The summed E-state index contributed by atoms with van der Waals surface area (Å²) in [7, 11) is -0.0634. The summed E-state index contributed by atoms with van der Waals surface area (Å²) in [4.78, 5) is 24.4. The van der Waals surface area contributed by atoms with E-state index in [-0.39, 0.29) is 16.7 Å². The second-order valence-corrected chi connectivity index (χ2v) is 11.8. The number of likely N-dealkylation sites (N-methyl/N-ethyl adjacent to an activating group) is 1. The van der Waals surface area contributed by atoms with Crippen molar-refractivity contribution in [3.63, 3.8) is 0 Å². The van der Waals surface area contributed by atoms with Crippen molar-refractivity contribution in [2.24, 2.45) is 0 Å². The van der Waals surface area contributed by atoms with Gasteiger partial charge in [-0.25, -0.2) is 0 Å². The van der Waals surface area contributed by atoms with E-state index in [2.05, 4.69) is 25.8 Å². The number of rotatable bonds is 6. The Morgan fingerprint density at radius 1 is 1.55 bits per heavy atom. The third kappa shape index (κ3) is 4.42. The molecule has 0 aromatic carbocycles. The Kier molecular flexibility index (Phi) is 6.02. The van der Waals surface area contributed by atoms with E-state index in [0.29, 0.717) is 6.04 Å². The average molecular weight is 318 g/mol. The maximum atomic E-state index is 11.7. The van der Waals surface area contributed by atoms with Gasteiger partial charge in [-0.2, -0.15) is 0 Å². The first-order valence-corrected chi connectivity index (χ1v) is 10.8. The predicted molar refractivity (Wildman–Crippen MR) is 87.8 cm³/mol. The molecule has 0 bridgehead atoms. The number of carbonyl (C=O) groups excluding carboxylic acids is 1. The van der Waals surface area contributed by atoms with E-state index in [1.54, 1.807) is 0 Å². The average Bonchev–Trinajstić information content (AvgIpc) is 2.35. The maximum absolute atomic E-state index is 11.7. The van der Waals surface area contributed by atoms with E-state index in [0.717, 1.165) is 31.4 Å². The van der Waals surface area contributed by atoms with Crippen molar-refractivity contribution < 1.29 is 9.59 Å². The van der Waals surface area contributed by atoms with Crippen molar-refractivity contribution in [3.8, 4) is 0 Å². The van der Waals surface area contributed by atoms with Gasteiger partial charge < -0.3 is 4.80 Å². The Hall–Kier alpha value is -0.163. The number of alkyl halides is 1. The van der Waals surface area contributed by atoms with Crippen LogP contribution in [0.15, 0.2) is 11.6 Å². The molecule has 1 N–H and O–H groups in total. The van der Waals surface area contributed by atoms with Gasteiger partial charge in [0.25, 0.3) is 0 Å². The highest BCUT2D eigenvalue weighted by Gasteiger charge is 2.38. The summed E-state index contributed by atoms with van der Waals surface area (Å²) in [6.45, 7) is 9.12. The summed E-state index contributed by atoms with van der Waals surface area (Å²) >= 11 is 5.65. The van der Waals surface area contributed by atoms with Crippen LogP contribution in [0.1, 0.15) is 33.1 Å². The van der Waals surface area contributed by atoms with Gasteiger partial charge in [0, 0.05) is 12.6 Å². The number of nitrogens with zero attached hydrogens (tertiary/aromatic N) is 1. The van der Waals surface area contributed by atoms with Crippen LogP contribution in [-0.4, -0.2) is 49.3 Å². The molecule has 0 aromatic heterocycles. The molecule has 1 rings (SSSR count). The van der Waals surface area contributed by atoms with E-state index in [9.17, 15) is 9.59 Å². The maximum Gasteiger partial charge on any atom is 0.188 e. The van der Waals surface area contributed by atoms with E-state index in [4.69, 9.17) is 11.6 Å². The first-order valence-electron chi connectivity index (χ1n) is 7.29. The molecule has 0 unspecified atom stereocenters. The molecule has 0 radical (unpaired) electrons. The fourth-order valence-electron chi connectivity index (χ4n) is 2.37. The van der Waals surface area contributed by atoms with Gasteiger partial charge in [-0.05, 0) is 50.0 Å². The van der Waals surface area contributed by atoms with Crippen molar-refractivity contribution in [3.05, 3.63) is 11.6 Å². The monoisotopic (exact) mass is 317 g/mol. The summed E-state index contributed by atoms with van der Waals surface area (Å²) < 4.78 is 0. The number of carbonyl (C=O) groups is 1. The van der Waals surface area contributed by atoms with E-state index in [1.165, 1.54) is 0 Å². The minimum Gasteiger partial charge on any atom is -0.432 e. The lowest BCUT2D eigenvalue weighted by atomic mass is 9.92. The second kappa shape index (κ2) is 6.73. The number of hydrogen-bond acceptors (Lipinski definition) is 3. The molecule has 5 heteroatoms. The van der Waals surface area contributed by atoms with E-state index >= 15 is 0 Å². The van der Waals surface area contributed by atoms with Gasteiger partial charge in [0.05, 0.1) is 5.88 Å². The van der Waals surface area contributed by atoms with Gasteiger partial charge in [-0.1, -0.05) is 19.9 Å². The highest BCUT2D eigenvalue weighted by Crippen LogP contribution is 2.41. The topological polar surface area (TPSA) is 40.5 Å². The van der Waals surface area contributed by atoms with Gasteiger partial charge in [0.15, 0.2) is 14.1 Å². The number of Topliss-reactive ketones (excluding diaryl/α,β-unsaturated/α-hetero) is 1. The first-order chi connectivity index (χ1) is 9.08. The van der Waals surface area contributed by atoms with Crippen LogP contribution in [0, 0.1) is 0 Å². The Morgan fingerprint density at radius 3 is 2.65 bits per heavy atom. The van der Waals surface area contributed by atoms with Gasteiger partial charge >= 0.3 is 0 Å². The molecule has 20 heavy (non-hydrogen) atoms. The molecule has 1 heterocycles. The van der Waals surface area contributed by atoms with Gasteiger partial charge in [-0.3, -0.25) is 9.69 Å². The zero-order valence-corrected chi connectivity index (χ0v) is 15.1. The summed E-state index contributed by atoms with van der Waals surface area (Å²) in [5, 5.41) is -0.00828. The molecule has 1 atom stereocenters. The highest BCUT2D eigenvalue weighted by atomic mass is 35.5. The molecule has 3 nitrogen and oxygen atoms in total. The summed E-state index contributed by atoms with van der Waals surface area (Å²) in [6.07, 6.45) is 4.77. The van der Waals surface area contributed by atoms with Crippen LogP contribution in [0.25, 0.3) is 0 Å². The van der Waals surface area contributed by atoms with E-state index < -0.39 is 8.32 Å².